The Kier molecular flexibility index (Phi) is 6.36. The van der Waals surface area contributed by atoms with Gasteiger partial charge in [-0.3, -0.25) is 14.4 Å². The molecule has 0 saturated heterocycles. The topological polar surface area (TPSA) is 93.1 Å². The molecule has 1 aromatic heterocycles. The number of amides is 2. The molecule has 1 heterocycles. The lowest BCUT2D eigenvalue weighted by Gasteiger charge is -2.09. The van der Waals surface area contributed by atoms with Crippen molar-refractivity contribution >= 4 is 23.2 Å². The fourth-order valence-electron chi connectivity index (χ4n) is 2.66. The maximum Gasteiger partial charge on any atom is 0.276 e. The number of carbonyl (C=O) groups excluding carboxylic acids is 2. The number of nitrogens with one attached hydrogen (secondary N) is 2. The molecule has 30 heavy (non-hydrogen) atoms. The van der Waals surface area contributed by atoms with E-state index in [0.29, 0.717) is 16.9 Å². The van der Waals surface area contributed by atoms with Gasteiger partial charge in [0, 0.05) is 23.9 Å². The van der Waals surface area contributed by atoms with Crippen LogP contribution >= 0.6 is 0 Å². The molecule has 8 heteroatoms. The molecule has 2 amide bonds. The lowest BCUT2D eigenvalue weighted by Crippen LogP contribution is -2.28. The SMILES string of the molecule is Cc1ccc(NC(=O)c2ccc(=O)n(CCC(=O)Nc3ccc(C)c(F)c3)n2)cc1. The summed E-state index contributed by atoms with van der Waals surface area (Å²) in [5.74, 6) is -1.29. The second kappa shape index (κ2) is 9.13. The average Bonchev–Trinajstić information content (AvgIpc) is 2.72. The van der Waals surface area contributed by atoms with Crippen LogP contribution in [0.25, 0.3) is 0 Å². The lowest BCUT2D eigenvalue weighted by molar-refractivity contribution is -0.116. The first-order chi connectivity index (χ1) is 14.3. The summed E-state index contributed by atoms with van der Waals surface area (Å²) in [7, 11) is 0. The van der Waals surface area contributed by atoms with Gasteiger partial charge in [-0.1, -0.05) is 23.8 Å². The van der Waals surface area contributed by atoms with Crippen LogP contribution < -0.4 is 16.2 Å². The minimum absolute atomic E-state index is 0.0232. The zero-order valence-electron chi connectivity index (χ0n) is 16.6. The Morgan fingerprint density at radius 3 is 2.37 bits per heavy atom. The van der Waals surface area contributed by atoms with Crippen LogP contribution in [0.3, 0.4) is 0 Å². The van der Waals surface area contributed by atoms with Crippen molar-refractivity contribution in [3.8, 4) is 0 Å². The van der Waals surface area contributed by atoms with Crippen LogP contribution in [0.4, 0.5) is 15.8 Å². The Morgan fingerprint density at radius 2 is 1.67 bits per heavy atom. The molecule has 3 rings (SSSR count). The van der Waals surface area contributed by atoms with E-state index in [4.69, 9.17) is 0 Å². The van der Waals surface area contributed by atoms with E-state index in [9.17, 15) is 18.8 Å². The van der Waals surface area contributed by atoms with E-state index in [1.807, 2.05) is 19.1 Å². The molecule has 3 aromatic rings. The zero-order chi connectivity index (χ0) is 21.7. The van der Waals surface area contributed by atoms with E-state index >= 15 is 0 Å². The molecule has 0 atom stereocenters. The van der Waals surface area contributed by atoms with Crippen LogP contribution in [-0.4, -0.2) is 21.6 Å². The Labute approximate surface area is 172 Å². The second-order valence-corrected chi connectivity index (χ2v) is 6.86. The monoisotopic (exact) mass is 408 g/mol. The van der Waals surface area contributed by atoms with Crippen LogP contribution in [-0.2, 0) is 11.3 Å². The van der Waals surface area contributed by atoms with Gasteiger partial charge >= 0.3 is 0 Å². The number of hydrogen-bond donors (Lipinski definition) is 2. The average molecular weight is 408 g/mol. The summed E-state index contributed by atoms with van der Waals surface area (Å²) in [6, 6.07) is 14.2. The predicted octanol–water partition coefficient (Wildman–Crippen LogP) is 3.28. The van der Waals surface area contributed by atoms with Crippen molar-refractivity contribution in [3.05, 3.63) is 87.6 Å². The van der Waals surface area contributed by atoms with Gasteiger partial charge in [-0.15, -0.1) is 0 Å². The molecule has 2 aromatic carbocycles. The predicted molar refractivity (Wildman–Crippen MR) is 112 cm³/mol. The summed E-state index contributed by atoms with van der Waals surface area (Å²) < 4.78 is 14.6. The number of nitrogens with zero attached hydrogens (tertiary/aromatic N) is 2. The van der Waals surface area contributed by atoms with E-state index in [0.717, 1.165) is 10.2 Å². The molecule has 7 nitrogen and oxygen atoms in total. The Balaban J connectivity index is 1.63. The van der Waals surface area contributed by atoms with E-state index in [1.54, 1.807) is 31.2 Å². The minimum Gasteiger partial charge on any atom is -0.326 e. The van der Waals surface area contributed by atoms with Crippen LogP contribution in [0, 0.1) is 19.7 Å². The molecule has 0 bridgehead atoms. The van der Waals surface area contributed by atoms with Crippen molar-refractivity contribution in [2.75, 3.05) is 10.6 Å². The molecule has 0 aliphatic rings. The van der Waals surface area contributed by atoms with E-state index in [1.165, 1.54) is 18.2 Å². The van der Waals surface area contributed by atoms with Gasteiger partial charge in [0.25, 0.3) is 11.5 Å². The molecule has 2 N–H and O–H groups in total. The first-order valence-corrected chi connectivity index (χ1v) is 9.34. The van der Waals surface area contributed by atoms with Gasteiger partial charge in [-0.05, 0) is 49.7 Å². The first-order valence-electron chi connectivity index (χ1n) is 9.34. The number of halogens is 1. The second-order valence-electron chi connectivity index (χ2n) is 6.86. The summed E-state index contributed by atoms with van der Waals surface area (Å²) in [4.78, 5) is 36.6. The number of rotatable bonds is 6. The molecule has 0 saturated carbocycles. The van der Waals surface area contributed by atoms with E-state index in [-0.39, 0.29) is 18.7 Å². The molecule has 0 spiro atoms. The maximum absolute atomic E-state index is 13.6. The van der Waals surface area contributed by atoms with Crippen LogP contribution in [0.5, 0.6) is 0 Å². The molecular weight excluding hydrogens is 387 g/mol. The number of benzene rings is 2. The van der Waals surface area contributed by atoms with Gasteiger partial charge in [-0.2, -0.15) is 5.10 Å². The molecule has 0 unspecified atom stereocenters. The summed E-state index contributed by atoms with van der Waals surface area (Å²) in [5.41, 5.74) is 2.09. The fourth-order valence-corrected chi connectivity index (χ4v) is 2.66. The Morgan fingerprint density at radius 1 is 0.967 bits per heavy atom. The highest BCUT2D eigenvalue weighted by Gasteiger charge is 2.12. The van der Waals surface area contributed by atoms with Gasteiger partial charge in [0.2, 0.25) is 5.91 Å². The summed E-state index contributed by atoms with van der Waals surface area (Å²) in [6.45, 7) is 3.54. The number of aromatic nitrogens is 2. The number of anilines is 2. The largest absolute Gasteiger partial charge is 0.326 e. The normalized spacial score (nSPS) is 10.5. The minimum atomic E-state index is -0.466. The third-order valence-electron chi connectivity index (χ3n) is 4.41. The van der Waals surface area contributed by atoms with Crippen molar-refractivity contribution < 1.29 is 14.0 Å². The smallest absolute Gasteiger partial charge is 0.276 e. The van der Waals surface area contributed by atoms with Gasteiger partial charge in [0.15, 0.2) is 0 Å². The van der Waals surface area contributed by atoms with Crippen molar-refractivity contribution in [1.29, 1.82) is 0 Å². The fraction of sp³-hybridized carbons (Fsp3) is 0.182. The maximum atomic E-state index is 13.6. The summed E-state index contributed by atoms with van der Waals surface area (Å²) in [5, 5.41) is 9.32. The Hall–Kier alpha value is -3.81. The third kappa shape index (κ3) is 5.38. The van der Waals surface area contributed by atoms with Crippen molar-refractivity contribution in [3.63, 3.8) is 0 Å². The van der Waals surface area contributed by atoms with Crippen molar-refractivity contribution in [1.82, 2.24) is 9.78 Å². The third-order valence-corrected chi connectivity index (χ3v) is 4.41. The van der Waals surface area contributed by atoms with Gasteiger partial charge in [-0.25, -0.2) is 9.07 Å². The molecule has 0 radical (unpaired) electrons. The summed E-state index contributed by atoms with van der Waals surface area (Å²) in [6.07, 6.45) is -0.0641. The van der Waals surface area contributed by atoms with Gasteiger partial charge in [0.05, 0.1) is 6.54 Å². The summed E-state index contributed by atoms with van der Waals surface area (Å²) >= 11 is 0. The highest BCUT2D eigenvalue weighted by molar-refractivity contribution is 6.02. The Bertz CT molecular complexity index is 1140. The highest BCUT2D eigenvalue weighted by Crippen LogP contribution is 2.14. The van der Waals surface area contributed by atoms with E-state index in [2.05, 4.69) is 15.7 Å². The highest BCUT2D eigenvalue weighted by atomic mass is 19.1. The van der Waals surface area contributed by atoms with Gasteiger partial charge < -0.3 is 10.6 Å². The van der Waals surface area contributed by atoms with Crippen LogP contribution in [0.15, 0.2) is 59.4 Å². The van der Waals surface area contributed by atoms with Gasteiger partial charge in [0.1, 0.15) is 11.5 Å². The van der Waals surface area contributed by atoms with Crippen molar-refractivity contribution in [2.45, 2.75) is 26.8 Å². The number of hydrogen-bond acceptors (Lipinski definition) is 4. The standard InChI is InChI=1S/C22H21FN4O3/c1-14-3-6-16(7-4-14)25-22(30)19-9-10-21(29)27(26-19)12-11-20(28)24-17-8-5-15(2)18(23)13-17/h3-10,13H,11-12H2,1-2H3,(H,24,28)(H,25,30). The molecule has 154 valence electrons. The zero-order valence-corrected chi connectivity index (χ0v) is 16.6. The quantitative estimate of drug-likeness (QED) is 0.655. The van der Waals surface area contributed by atoms with Crippen LogP contribution in [0.2, 0.25) is 0 Å². The number of carbonyl (C=O) groups is 2. The molecule has 0 fully saturated rings. The van der Waals surface area contributed by atoms with Crippen molar-refractivity contribution in [2.24, 2.45) is 0 Å². The first kappa shape index (κ1) is 20.9. The molecular formula is C22H21FN4O3. The molecule has 0 aliphatic carbocycles. The van der Waals surface area contributed by atoms with Crippen LogP contribution in [0.1, 0.15) is 28.0 Å². The lowest BCUT2D eigenvalue weighted by atomic mass is 10.2. The van der Waals surface area contributed by atoms with E-state index < -0.39 is 23.2 Å². The molecule has 0 aliphatic heterocycles. The number of aryl methyl sites for hydroxylation is 3.